The van der Waals surface area contributed by atoms with Gasteiger partial charge in [0.05, 0.1) is 9.82 Å². The van der Waals surface area contributed by atoms with Crippen LogP contribution in [0.15, 0.2) is 53.4 Å². The van der Waals surface area contributed by atoms with E-state index >= 15 is 0 Å². The Morgan fingerprint density at radius 2 is 1.64 bits per heavy atom. The predicted octanol–water partition coefficient (Wildman–Crippen LogP) is 2.13. The number of nitrogens with zero attached hydrogens (tertiary/aromatic N) is 1. The van der Waals surface area contributed by atoms with Crippen LogP contribution in [0.4, 0.5) is 11.4 Å². The summed E-state index contributed by atoms with van der Waals surface area (Å²) in [5, 5.41) is 15.8. The molecule has 0 saturated carbocycles. The molecule has 0 unspecified atom stereocenters. The molecule has 0 aliphatic rings. The van der Waals surface area contributed by atoms with Crippen LogP contribution in [0.2, 0.25) is 0 Å². The van der Waals surface area contributed by atoms with Gasteiger partial charge in [0.2, 0.25) is 0 Å². The van der Waals surface area contributed by atoms with Crippen molar-refractivity contribution in [3.05, 3.63) is 64.2 Å². The number of nitrogens with one attached hydrogen (secondary N) is 2. The van der Waals surface area contributed by atoms with Crippen molar-refractivity contribution in [3.63, 3.8) is 0 Å². The number of anilines is 1. The first kappa shape index (κ1) is 18.5. The lowest BCUT2D eigenvalue weighted by atomic mass is 10.2. The molecule has 2 aromatic rings. The molecule has 25 heavy (non-hydrogen) atoms. The van der Waals surface area contributed by atoms with Crippen LogP contribution in [0, 0.1) is 10.1 Å². The minimum atomic E-state index is -3.29. The summed E-state index contributed by atoms with van der Waals surface area (Å²) in [6.45, 7) is 0. The molecule has 2 rings (SSSR count). The highest BCUT2D eigenvalue weighted by Gasteiger charge is 2.11. The van der Waals surface area contributed by atoms with Crippen molar-refractivity contribution in [2.24, 2.45) is 0 Å². The Bertz CT molecular complexity index is 923. The third-order valence-corrected chi connectivity index (χ3v) is 4.44. The first-order chi connectivity index (χ1) is 11.7. The zero-order chi connectivity index (χ0) is 18.6. The summed E-state index contributed by atoms with van der Waals surface area (Å²) < 4.78 is 22.8. The number of hydrogen-bond acceptors (Lipinski definition) is 6. The highest BCUT2D eigenvalue weighted by atomic mass is 32.2. The monoisotopic (exact) mass is 379 g/mol. The lowest BCUT2D eigenvalue weighted by molar-refractivity contribution is -0.384. The molecule has 2 N–H and O–H groups in total. The average molecular weight is 379 g/mol. The molecular formula is C15H13N3O5S2. The van der Waals surface area contributed by atoms with Gasteiger partial charge in [-0.1, -0.05) is 0 Å². The van der Waals surface area contributed by atoms with E-state index < -0.39 is 20.7 Å². The molecule has 130 valence electrons. The summed E-state index contributed by atoms with van der Waals surface area (Å²) >= 11 is 5.02. The van der Waals surface area contributed by atoms with Crippen LogP contribution in [0.5, 0.6) is 0 Å². The molecule has 1 amide bonds. The van der Waals surface area contributed by atoms with E-state index in [1.165, 1.54) is 48.5 Å². The minimum Gasteiger partial charge on any atom is -0.332 e. The molecule has 2 aromatic carbocycles. The van der Waals surface area contributed by atoms with Crippen molar-refractivity contribution >= 4 is 44.4 Å². The highest BCUT2D eigenvalue weighted by molar-refractivity contribution is 7.90. The van der Waals surface area contributed by atoms with Gasteiger partial charge in [0.25, 0.3) is 11.6 Å². The van der Waals surface area contributed by atoms with Crippen molar-refractivity contribution in [3.8, 4) is 0 Å². The van der Waals surface area contributed by atoms with Gasteiger partial charge < -0.3 is 5.32 Å². The van der Waals surface area contributed by atoms with E-state index in [4.69, 9.17) is 12.2 Å². The van der Waals surface area contributed by atoms with Crippen molar-refractivity contribution in [2.45, 2.75) is 4.90 Å². The van der Waals surface area contributed by atoms with E-state index in [2.05, 4.69) is 10.6 Å². The minimum absolute atomic E-state index is 0.00968. The zero-order valence-corrected chi connectivity index (χ0v) is 14.6. The van der Waals surface area contributed by atoms with Gasteiger partial charge in [0.15, 0.2) is 14.9 Å². The Morgan fingerprint density at radius 3 is 2.12 bits per heavy atom. The van der Waals surface area contributed by atoms with Gasteiger partial charge in [-0.3, -0.25) is 20.2 Å². The molecule has 0 aromatic heterocycles. The second-order valence-electron chi connectivity index (χ2n) is 5.01. The van der Waals surface area contributed by atoms with E-state index in [9.17, 15) is 23.3 Å². The SMILES string of the molecule is CS(=O)(=O)c1ccc(NC(=S)NC(=O)c2ccc([N+](=O)[O-])cc2)cc1. The van der Waals surface area contributed by atoms with Gasteiger partial charge in [-0.05, 0) is 48.6 Å². The van der Waals surface area contributed by atoms with Gasteiger partial charge in [-0.25, -0.2) is 8.42 Å². The number of carbonyl (C=O) groups excluding carboxylic acids is 1. The molecule has 0 saturated heterocycles. The largest absolute Gasteiger partial charge is 0.332 e. The second kappa shape index (κ2) is 7.36. The van der Waals surface area contributed by atoms with E-state index in [1.807, 2.05) is 0 Å². The molecule has 10 heteroatoms. The normalized spacial score (nSPS) is 10.8. The second-order valence-corrected chi connectivity index (χ2v) is 7.43. The molecule has 0 aliphatic carbocycles. The topological polar surface area (TPSA) is 118 Å². The van der Waals surface area contributed by atoms with Crippen LogP contribution >= 0.6 is 12.2 Å². The maximum atomic E-state index is 12.0. The summed E-state index contributed by atoms with van der Waals surface area (Å²) in [6.07, 6.45) is 1.10. The van der Waals surface area contributed by atoms with E-state index in [0.29, 0.717) is 5.69 Å². The van der Waals surface area contributed by atoms with Crippen molar-refractivity contribution in [1.82, 2.24) is 5.32 Å². The Balaban J connectivity index is 1.99. The summed E-state index contributed by atoms with van der Waals surface area (Å²) in [7, 11) is -3.29. The third-order valence-electron chi connectivity index (χ3n) is 3.11. The number of non-ortho nitro benzene ring substituents is 1. The molecular weight excluding hydrogens is 366 g/mol. The number of nitro groups is 1. The Hall–Kier alpha value is -2.85. The van der Waals surface area contributed by atoms with Crippen LogP contribution < -0.4 is 10.6 Å². The summed E-state index contributed by atoms with van der Waals surface area (Å²) in [6, 6.07) is 10.9. The number of thiocarbonyl (C=S) groups is 1. The van der Waals surface area contributed by atoms with Gasteiger partial charge in [-0.2, -0.15) is 0 Å². The third kappa shape index (κ3) is 5.06. The number of carbonyl (C=O) groups is 1. The molecule has 0 bridgehead atoms. The maximum Gasteiger partial charge on any atom is 0.269 e. The molecule has 0 atom stereocenters. The molecule has 0 aliphatic heterocycles. The van der Waals surface area contributed by atoms with E-state index in [0.717, 1.165) is 6.26 Å². The van der Waals surface area contributed by atoms with Gasteiger partial charge in [0.1, 0.15) is 0 Å². The van der Waals surface area contributed by atoms with Crippen LogP contribution in [0.25, 0.3) is 0 Å². The van der Waals surface area contributed by atoms with E-state index in [-0.39, 0.29) is 21.3 Å². The average Bonchev–Trinajstić information content (AvgIpc) is 2.54. The summed E-state index contributed by atoms with van der Waals surface area (Å²) in [5.74, 6) is -0.528. The maximum absolute atomic E-state index is 12.0. The van der Waals surface area contributed by atoms with Crippen LogP contribution in [0.1, 0.15) is 10.4 Å². The lowest BCUT2D eigenvalue weighted by Crippen LogP contribution is -2.34. The van der Waals surface area contributed by atoms with Gasteiger partial charge in [-0.15, -0.1) is 0 Å². The van der Waals surface area contributed by atoms with Crippen molar-refractivity contribution in [1.29, 1.82) is 0 Å². The van der Waals surface area contributed by atoms with Crippen LogP contribution in [-0.4, -0.2) is 30.6 Å². The molecule has 0 spiro atoms. The fourth-order valence-electron chi connectivity index (χ4n) is 1.86. The number of benzene rings is 2. The molecule has 0 radical (unpaired) electrons. The Labute approximate surface area is 148 Å². The summed E-state index contributed by atoms with van der Waals surface area (Å²) in [4.78, 5) is 22.2. The fraction of sp³-hybridized carbons (Fsp3) is 0.0667. The first-order valence-corrected chi connectivity index (χ1v) is 9.14. The quantitative estimate of drug-likeness (QED) is 0.474. The van der Waals surface area contributed by atoms with Crippen molar-refractivity contribution < 1.29 is 18.1 Å². The molecule has 0 fully saturated rings. The lowest BCUT2D eigenvalue weighted by Gasteiger charge is -2.10. The first-order valence-electron chi connectivity index (χ1n) is 6.84. The van der Waals surface area contributed by atoms with Gasteiger partial charge >= 0.3 is 0 Å². The van der Waals surface area contributed by atoms with Crippen molar-refractivity contribution in [2.75, 3.05) is 11.6 Å². The fourth-order valence-corrected chi connectivity index (χ4v) is 2.70. The summed E-state index contributed by atoms with van der Waals surface area (Å²) in [5.41, 5.74) is 0.590. The Kier molecular flexibility index (Phi) is 5.45. The number of amides is 1. The molecule has 8 nitrogen and oxygen atoms in total. The van der Waals surface area contributed by atoms with Crippen LogP contribution in [-0.2, 0) is 9.84 Å². The van der Waals surface area contributed by atoms with E-state index in [1.54, 1.807) is 0 Å². The van der Waals surface area contributed by atoms with Gasteiger partial charge in [0, 0.05) is 29.6 Å². The Morgan fingerprint density at radius 1 is 1.08 bits per heavy atom. The smallest absolute Gasteiger partial charge is 0.269 e. The number of nitro benzene ring substituents is 1. The zero-order valence-electron chi connectivity index (χ0n) is 12.9. The standard InChI is InChI=1S/C15H13N3O5S2/c1-25(22,23)13-8-4-11(5-9-13)16-15(24)17-14(19)10-2-6-12(7-3-10)18(20)21/h2-9H,1H3,(H2,16,17,19,24). The number of hydrogen-bond donors (Lipinski definition) is 2. The van der Waals surface area contributed by atoms with Crippen LogP contribution in [0.3, 0.4) is 0 Å². The highest BCUT2D eigenvalue weighted by Crippen LogP contribution is 2.14. The number of sulfone groups is 1. The predicted molar refractivity (Wildman–Crippen MR) is 96.3 cm³/mol. The molecule has 0 heterocycles. The number of rotatable bonds is 4.